The third kappa shape index (κ3) is 5.31. The van der Waals surface area contributed by atoms with Crippen molar-refractivity contribution in [3.8, 4) is 22.1 Å². The summed E-state index contributed by atoms with van der Waals surface area (Å²) in [5.41, 5.74) is 8.31. The van der Waals surface area contributed by atoms with E-state index in [0.29, 0.717) is 36.0 Å². The molecule has 0 bridgehead atoms. The lowest BCUT2D eigenvalue weighted by Crippen LogP contribution is -2.31. The molecule has 1 unspecified atom stereocenters. The molecule has 0 saturated carbocycles. The molecule has 5 rings (SSSR count). The number of rotatable bonds is 7. The number of aromatic nitrogens is 3. The predicted octanol–water partition coefficient (Wildman–Crippen LogP) is 4.87. The molecule has 1 atom stereocenters. The number of nitrogens with zero attached hydrogens (tertiary/aromatic N) is 4. The van der Waals surface area contributed by atoms with E-state index in [-0.39, 0.29) is 11.9 Å². The van der Waals surface area contributed by atoms with Crippen LogP contribution in [0.15, 0.2) is 67.0 Å². The zero-order valence-electron chi connectivity index (χ0n) is 19.3. The second kappa shape index (κ2) is 10.2. The van der Waals surface area contributed by atoms with Gasteiger partial charge in [-0.1, -0.05) is 48.6 Å². The third-order valence-electron chi connectivity index (χ3n) is 5.71. The van der Waals surface area contributed by atoms with Gasteiger partial charge in [-0.2, -0.15) is 0 Å². The molecule has 1 amide bonds. The number of ether oxygens (including phenoxy) is 1. The van der Waals surface area contributed by atoms with E-state index in [2.05, 4.69) is 22.2 Å². The van der Waals surface area contributed by atoms with E-state index in [1.165, 1.54) is 0 Å². The number of carbonyl (C=O) groups is 1. The molecule has 4 heterocycles. The topological polar surface area (TPSA) is 106 Å². The van der Waals surface area contributed by atoms with Gasteiger partial charge in [0.05, 0.1) is 10.6 Å². The molecule has 8 nitrogen and oxygen atoms in total. The Labute approximate surface area is 207 Å². The average Bonchev–Trinajstić information content (AvgIpc) is 3.51. The number of hydrogen-bond donors (Lipinski definition) is 2. The Kier molecular flexibility index (Phi) is 6.69. The van der Waals surface area contributed by atoms with Crippen molar-refractivity contribution in [1.82, 2.24) is 19.9 Å². The number of thiazole rings is 1. The molecule has 1 aliphatic rings. The molecule has 0 spiro atoms. The molecule has 3 N–H and O–H groups in total. The van der Waals surface area contributed by atoms with Crippen LogP contribution in [0, 0.1) is 0 Å². The van der Waals surface area contributed by atoms with Crippen LogP contribution in [0.25, 0.3) is 11.3 Å². The van der Waals surface area contributed by atoms with Crippen molar-refractivity contribution >= 4 is 28.9 Å². The summed E-state index contributed by atoms with van der Waals surface area (Å²) < 4.78 is 6.24. The molecule has 0 aliphatic carbocycles. The van der Waals surface area contributed by atoms with Crippen LogP contribution in [-0.2, 0) is 6.42 Å². The Morgan fingerprint density at radius 1 is 1.17 bits per heavy atom. The third-order valence-corrected chi connectivity index (χ3v) is 6.79. The lowest BCUT2D eigenvalue weighted by molar-refractivity contribution is 0.0790. The van der Waals surface area contributed by atoms with Gasteiger partial charge in [0.1, 0.15) is 23.1 Å². The minimum Gasteiger partial charge on any atom is -0.444 e. The summed E-state index contributed by atoms with van der Waals surface area (Å²) in [6.45, 7) is 3.35. The first-order chi connectivity index (χ1) is 17.1. The first-order valence-electron chi connectivity index (χ1n) is 11.6. The second-order valence-electron chi connectivity index (χ2n) is 8.30. The first kappa shape index (κ1) is 22.9. The monoisotopic (exact) mass is 486 g/mol. The van der Waals surface area contributed by atoms with Gasteiger partial charge in [0, 0.05) is 43.2 Å². The fourth-order valence-electron chi connectivity index (χ4n) is 3.88. The number of carbonyl (C=O) groups excluding carboxylic acids is 1. The van der Waals surface area contributed by atoms with Crippen LogP contribution in [0.5, 0.6) is 10.8 Å². The van der Waals surface area contributed by atoms with Gasteiger partial charge in [-0.05, 0) is 31.0 Å². The van der Waals surface area contributed by atoms with Crippen LogP contribution in [-0.4, -0.2) is 44.9 Å². The van der Waals surface area contributed by atoms with Gasteiger partial charge in [0.25, 0.3) is 5.91 Å². The summed E-state index contributed by atoms with van der Waals surface area (Å²) in [6.07, 6.45) is 4.92. The highest BCUT2D eigenvalue weighted by molar-refractivity contribution is 7.14. The molecular weight excluding hydrogens is 460 g/mol. The van der Waals surface area contributed by atoms with E-state index >= 15 is 0 Å². The number of amides is 1. The van der Waals surface area contributed by atoms with Gasteiger partial charge in [-0.3, -0.25) is 4.79 Å². The number of nitrogens with two attached hydrogens (primary N) is 1. The van der Waals surface area contributed by atoms with Gasteiger partial charge in [-0.25, -0.2) is 15.0 Å². The van der Waals surface area contributed by atoms with Crippen molar-refractivity contribution in [1.29, 1.82) is 0 Å². The normalized spacial score (nSPS) is 15.3. The largest absolute Gasteiger partial charge is 0.444 e. The SMILES string of the molecule is CCc1nc(-c2ccccc2)c(Oc2ccnc(Nc3ccc(C(=O)N4CCC(N)C4)cn3)c2)s1. The quantitative estimate of drug-likeness (QED) is 0.384. The number of hydrogen-bond acceptors (Lipinski definition) is 8. The molecule has 178 valence electrons. The fourth-order valence-corrected chi connectivity index (χ4v) is 4.77. The first-order valence-corrected chi connectivity index (χ1v) is 12.4. The highest BCUT2D eigenvalue weighted by atomic mass is 32.1. The van der Waals surface area contributed by atoms with Crippen molar-refractivity contribution in [2.75, 3.05) is 18.4 Å². The summed E-state index contributed by atoms with van der Waals surface area (Å²) in [5.74, 6) is 1.76. The second-order valence-corrected chi connectivity index (χ2v) is 9.35. The van der Waals surface area contributed by atoms with Gasteiger partial charge >= 0.3 is 0 Å². The summed E-state index contributed by atoms with van der Waals surface area (Å²) in [5, 5.41) is 4.93. The zero-order valence-corrected chi connectivity index (χ0v) is 20.2. The van der Waals surface area contributed by atoms with E-state index in [1.807, 2.05) is 36.4 Å². The molecule has 1 aliphatic heterocycles. The number of nitrogens with one attached hydrogen (secondary N) is 1. The van der Waals surface area contributed by atoms with Crippen LogP contribution in [0.2, 0.25) is 0 Å². The molecule has 1 aromatic carbocycles. The van der Waals surface area contributed by atoms with E-state index in [9.17, 15) is 4.79 Å². The van der Waals surface area contributed by atoms with Crippen LogP contribution >= 0.6 is 11.3 Å². The van der Waals surface area contributed by atoms with Gasteiger partial charge < -0.3 is 20.7 Å². The standard InChI is InChI=1S/C26H26N6O2S/c1-2-23-31-24(17-6-4-3-5-7-17)26(35-23)34-20-10-12-28-22(14-20)30-21-9-8-18(15-29-21)25(33)32-13-11-19(27)16-32/h3-10,12,14-15,19H,2,11,13,16,27H2,1H3,(H,28,29,30). The Bertz CT molecular complexity index is 1310. The molecule has 35 heavy (non-hydrogen) atoms. The van der Waals surface area contributed by atoms with E-state index in [4.69, 9.17) is 15.5 Å². The van der Waals surface area contributed by atoms with Crippen molar-refractivity contribution in [2.45, 2.75) is 25.8 Å². The number of anilines is 2. The van der Waals surface area contributed by atoms with Crippen molar-refractivity contribution in [2.24, 2.45) is 5.73 Å². The Morgan fingerprint density at radius 2 is 2.03 bits per heavy atom. The number of benzene rings is 1. The van der Waals surface area contributed by atoms with Crippen LogP contribution in [0.3, 0.4) is 0 Å². The minimum absolute atomic E-state index is 0.0456. The van der Waals surface area contributed by atoms with Gasteiger partial charge in [0.15, 0.2) is 0 Å². The summed E-state index contributed by atoms with van der Waals surface area (Å²) in [6, 6.07) is 17.2. The Hall–Kier alpha value is -3.82. The maximum Gasteiger partial charge on any atom is 0.255 e. The fraction of sp³-hybridized carbons (Fsp3) is 0.231. The van der Waals surface area contributed by atoms with Gasteiger partial charge in [-0.15, -0.1) is 0 Å². The van der Waals surface area contributed by atoms with E-state index in [0.717, 1.165) is 34.2 Å². The maximum atomic E-state index is 12.6. The van der Waals surface area contributed by atoms with Crippen LogP contribution in [0.1, 0.15) is 28.7 Å². The highest BCUT2D eigenvalue weighted by Gasteiger charge is 2.24. The average molecular weight is 487 g/mol. The predicted molar refractivity (Wildman–Crippen MR) is 137 cm³/mol. The van der Waals surface area contributed by atoms with Crippen molar-refractivity contribution in [3.63, 3.8) is 0 Å². The van der Waals surface area contributed by atoms with Gasteiger partial charge in [0.2, 0.25) is 5.06 Å². The number of pyridine rings is 2. The van der Waals surface area contributed by atoms with E-state index in [1.54, 1.807) is 46.8 Å². The molecule has 0 radical (unpaired) electrons. The van der Waals surface area contributed by atoms with Crippen molar-refractivity contribution < 1.29 is 9.53 Å². The summed E-state index contributed by atoms with van der Waals surface area (Å²) >= 11 is 1.54. The Balaban J connectivity index is 1.30. The molecule has 1 saturated heterocycles. The summed E-state index contributed by atoms with van der Waals surface area (Å²) in [7, 11) is 0. The molecule has 4 aromatic rings. The lowest BCUT2D eigenvalue weighted by atomic mass is 10.2. The number of likely N-dealkylation sites (tertiary alicyclic amines) is 1. The summed E-state index contributed by atoms with van der Waals surface area (Å²) in [4.78, 5) is 27.9. The molecule has 3 aromatic heterocycles. The van der Waals surface area contributed by atoms with E-state index < -0.39 is 0 Å². The lowest BCUT2D eigenvalue weighted by Gasteiger charge is -2.15. The number of aryl methyl sites for hydroxylation is 1. The smallest absolute Gasteiger partial charge is 0.255 e. The molecule has 9 heteroatoms. The molecular formula is C26H26N6O2S. The van der Waals surface area contributed by atoms with Crippen molar-refractivity contribution in [3.05, 3.63) is 77.6 Å². The Morgan fingerprint density at radius 3 is 2.74 bits per heavy atom. The zero-order chi connectivity index (χ0) is 24.2. The minimum atomic E-state index is -0.0456. The van der Waals surface area contributed by atoms with Crippen LogP contribution < -0.4 is 15.8 Å². The maximum absolute atomic E-state index is 12.6. The highest BCUT2D eigenvalue weighted by Crippen LogP contribution is 2.38. The van der Waals surface area contributed by atoms with Crippen LogP contribution in [0.4, 0.5) is 11.6 Å². The molecule has 1 fully saturated rings.